The molecule has 0 aromatic heterocycles. The lowest BCUT2D eigenvalue weighted by Gasteiger charge is -2.05. The van der Waals surface area contributed by atoms with Gasteiger partial charge in [-0.3, -0.25) is 4.79 Å². The van der Waals surface area contributed by atoms with Crippen molar-refractivity contribution in [2.45, 2.75) is 17.6 Å². The van der Waals surface area contributed by atoms with Crippen molar-refractivity contribution in [3.05, 3.63) is 64.2 Å². The second kappa shape index (κ2) is 6.07. The van der Waals surface area contributed by atoms with Gasteiger partial charge in [0.05, 0.1) is 5.02 Å². The predicted molar refractivity (Wildman–Crippen MR) is 77.6 cm³/mol. The van der Waals surface area contributed by atoms with Crippen LogP contribution in [0.5, 0.6) is 0 Å². The van der Waals surface area contributed by atoms with Crippen LogP contribution in [-0.4, -0.2) is 6.29 Å². The smallest absolute Gasteiger partial charge is 0.150 e. The lowest BCUT2D eigenvalue weighted by Crippen LogP contribution is -1.84. The van der Waals surface area contributed by atoms with Gasteiger partial charge in [-0.05, 0) is 24.6 Å². The van der Waals surface area contributed by atoms with E-state index in [9.17, 15) is 4.79 Å². The van der Waals surface area contributed by atoms with Gasteiger partial charge in [-0.1, -0.05) is 47.5 Å². The highest BCUT2D eigenvalue weighted by atomic mass is 35.5. The Morgan fingerprint density at radius 1 is 1.22 bits per heavy atom. The molecular weight excluding hydrogens is 264 g/mol. The molecule has 0 saturated carbocycles. The van der Waals surface area contributed by atoms with Gasteiger partial charge in [0.2, 0.25) is 0 Å². The fourth-order valence-corrected chi connectivity index (χ4v) is 2.89. The van der Waals surface area contributed by atoms with Crippen LogP contribution in [0.25, 0.3) is 0 Å². The van der Waals surface area contributed by atoms with Gasteiger partial charge in [-0.15, -0.1) is 11.8 Å². The van der Waals surface area contributed by atoms with Crippen molar-refractivity contribution in [2.75, 3.05) is 0 Å². The zero-order valence-corrected chi connectivity index (χ0v) is 11.6. The van der Waals surface area contributed by atoms with Gasteiger partial charge >= 0.3 is 0 Å². The molecule has 0 spiro atoms. The number of aryl methyl sites for hydroxylation is 1. The zero-order valence-electron chi connectivity index (χ0n) is 10.0. The summed E-state index contributed by atoms with van der Waals surface area (Å²) >= 11 is 7.81. The molecule has 18 heavy (non-hydrogen) atoms. The minimum atomic E-state index is 0.611. The summed E-state index contributed by atoms with van der Waals surface area (Å²) in [5.74, 6) is 0.877. The Kier molecular flexibility index (Phi) is 4.45. The second-order valence-electron chi connectivity index (χ2n) is 4.09. The normalized spacial score (nSPS) is 10.3. The number of carbonyl (C=O) groups excluding carboxylic acids is 1. The van der Waals surface area contributed by atoms with E-state index in [1.165, 1.54) is 11.1 Å². The molecule has 2 rings (SSSR count). The third kappa shape index (κ3) is 3.37. The third-order valence-electron chi connectivity index (χ3n) is 2.57. The number of hydrogen-bond donors (Lipinski definition) is 0. The molecule has 0 radical (unpaired) electrons. The van der Waals surface area contributed by atoms with Crippen LogP contribution in [-0.2, 0) is 5.75 Å². The average Bonchev–Trinajstić information content (AvgIpc) is 2.37. The number of aldehydes is 1. The molecule has 0 N–H and O–H groups in total. The van der Waals surface area contributed by atoms with Crippen molar-refractivity contribution >= 4 is 29.6 Å². The maximum absolute atomic E-state index is 10.6. The fourth-order valence-electron chi connectivity index (χ4n) is 1.67. The zero-order chi connectivity index (χ0) is 13.0. The molecule has 2 aromatic rings. The van der Waals surface area contributed by atoms with E-state index >= 15 is 0 Å². The molecule has 0 aliphatic carbocycles. The van der Waals surface area contributed by atoms with Crippen LogP contribution < -0.4 is 0 Å². The van der Waals surface area contributed by atoms with Gasteiger partial charge < -0.3 is 0 Å². The maximum atomic E-state index is 10.6. The van der Waals surface area contributed by atoms with Crippen molar-refractivity contribution in [3.8, 4) is 0 Å². The molecule has 0 aliphatic heterocycles. The van der Waals surface area contributed by atoms with Gasteiger partial charge in [0.15, 0.2) is 0 Å². The van der Waals surface area contributed by atoms with Crippen molar-refractivity contribution in [3.63, 3.8) is 0 Å². The standard InChI is InChI=1S/C15H13ClOS/c1-11-3-2-4-13(7-11)10-18-15-6-5-12(9-17)8-14(15)16/h2-9H,10H2,1H3. The molecule has 0 fully saturated rings. The van der Waals surface area contributed by atoms with E-state index in [2.05, 4.69) is 31.2 Å². The van der Waals surface area contributed by atoms with Crippen molar-refractivity contribution in [1.29, 1.82) is 0 Å². The molecule has 0 heterocycles. The Hall–Kier alpha value is -1.25. The second-order valence-corrected chi connectivity index (χ2v) is 5.51. The van der Waals surface area contributed by atoms with E-state index in [4.69, 9.17) is 11.6 Å². The largest absolute Gasteiger partial charge is 0.298 e. The van der Waals surface area contributed by atoms with Gasteiger partial charge in [-0.2, -0.15) is 0 Å². The molecule has 0 amide bonds. The van der Waals surface area contributed by atoms with E-state index in [0.717, 1.165) is 16.9 Å². The summed E-state index contributed by atoms with van der Waals surface area (Å²) in [6, 6.07) is 13.8. The summed E-state index contributed by atoms with van der Waals surface area (Å²) in [6.45, 7) is 2.08. The fraction of sp³-hybridized carbons (Fsp3) is 0.133. The van der Waals surface area contributed by atoms with Crippen LogP contribution >= 0.6 is 23.4 Å². The highest BCUT2D eigenvalue weighted by molar-refractivity contribution is 7.98. The Labute approximate surface area is 116 Å². The van der Waals surface area contributed by atoms with E-state index in [0.29, 0.717) is 10.6 Å². The van der Waals surface area contributed by atoms with Crippen LogP contribution in [0.4, 0.5) is 0 Å². The summed E-state index contributed by atoms with van der Waals surface area (Å²) < 4.78 is 0. The quantitative estimate of drug-likeness (QED) is 0.592. The summed E-state index contributed by atoms with van der Waals surface area (Å²) in [5, 5.41) is 0.636. The Balaban J connectivity index is 2.08. The maximum Gasteiger partial charge on any atom is 0.150 e. The minimum absolute atomic E-state index is 0.611. The summed E-state index contributed by atoms with van der Waals surface area (Å²) in [4.78, 5) is 11.6. The summed E-state index contributed by atoms with van der Waals surface area (Å²) in [6.07, 6.45) is 0.806. The van der Waals surface area contributed by atoms with Crippen molar-refractivity contribution in [2.24, 2.45) is 0 Å². The van der Waals surface area contributed by atoms with E-state index in [1.54, 1.807) is 23.9 Å². The Bertz CT molecular complexity index is 566. The first kappa shape index (κ1) is 13.2. The van der Waals surface area contributed by atoms with Gasteiger partial charge in [0.1, 0.15) is 6.29 Å². The molecule has 0 atom stereocenters. The molecule has 1 nitrogen and oxygen atoms in total. The van der Waals surface area contributed by atoms with Crippen LogP contribution in [0.3, 0.4) is 0 Å². The lowest BCUT2D eigenvalue weighted by molar-refractivity contribution is 0.112. The number of halogens is 1. The SMILES string of the molecule is Cc1cccc(CSc2ccc(C=O)cc2Cl)c1. The third-order valence-corrected chi connectivity index (χ3v) is 4.14. The summed E-state index contributed by atoms with van der Waals surface area (Å²) in [7, 11) is 0. The Morgan fingerprint density at radius 3 is 2.72 bits per heavy atom. The highest BCUT2D eigenvalue weighted by Gasteiger charge is 2.03. The van der Waals surface area contributed by atoms with Gasteiger partial charge in [0, 0.05) is 16.2 Å². The van der Waals surface area contributed by atoms with Gasteiger partial charge in [-0.25, -0.2) is 0 Å². The molecule has 0 unspecified atom stereocenters. The molecule has 92 valence electrons. The van der Waals surface area contributed by atoms with Crippen LogP contribution in [0.1, 0.15) is 21.5 Å². The number of carbonyl (C=O) groups is 1. The first-order valence-electron chi connectivity index (χ1n) is 5.62. The predicted octanol–water partition coefficient (Wildman–Crippen LogP) is 4.75. The molecule has 3 heteroatoms. The molecule has 0 bridgehead atoms. The molecule has 0 aliphatic rings. The first-order chi connectivity index (χ1) is 8.69. The van der Waals surface area contributed by atoms with Crippen LogP contribution in [0.2, 0.25) is 5.02 Å². The van der Waals surface area contributed by atoms with Crippen molar-refractivity contribution < 1.29 is 4.79 Å². The number of hydrogen-bond acceptors (Lipinski definition) is 2. The van der Waals surface area contributed by atoms with E-state index in [1.807, 2.05) is 6.07 Å². The molecular formula is C15H13ClOS. The monoisotopic (exact) mass is 276 g/mol. The number of thioether (sulfide) groups is 1. The number of rotatable bonds is 4. The first-order valence-corrected chi connectivity index (χ1v) is 6.98. The van der Waals surface area contributed by atoms with Crippen LogP contribution in [0, 0.1) is 6.92 Å². The van der Waals surface area contributed by atoms with E-state index < -0.39 is 0 Å². The van der Waals surface area contributed by atoms with E-state index in [-0.39, 0.29) is 0 Å². The number of benzene rings is 2. The lowest BCUT2D eigenvalue weighted by atomic mass is 10.2. The topological polar surface area (TPSA) is 17.1 Å². The highest BCUT2D eigenvalue weighted by Crippen LogP contribution is 2.30. The van der Waals surface area contributed by atoms with Gasteiger partial charge in [0.25, 0.3) is 0 Å². The summed E-state index contributed by atoms with van der Waals surface area (Å²) in [5.41, 5.74) is 3.14. The average molecular weight is 277 g/mol. The van der Waals surface area contributed by atoms with Crippen LogP contribution in [0.15, 0.2) is 47.4 Å². The minimum Gasteiger partial charge on any atom is -0.298 e. The molecule has 0 saturated heterocycles. The molecule has 2 aromatic carbocycles. The Morgan fingerprint density at radius 2 is 2.06 bits per heavy atom. The van der Waals surface area contributed by atoms with Crippen molar-refractivity contribution in [1.82, 2.24) is 0 Å².